The number of aliphatic carboxylic acids is 1. The van der Waals surface area contributed by atoms with Gasteiger partial charge < -0.3 is 10.1 Å². The zero-order valence-electron chi connectivity index (χ0n) is 12.4. The van der Waals surface area contributed by atoms with Crippen molar-refractivity contribution in [3.63, 3.8) is 0 Å². The van der Waals surface area contributed by atoms with Gasteiger partial charge in [-0.15, -0.1) is 0 Å². The molecule has 2 rings (SSSR count). The summed E-state index contributed by atoms with van der Waals surface area (Å²) in [6.07, 6.45) is 0. The Labute approximate surface area is 122 Å². The normalized spacial score (nSPS) is 12.0. The summed E-state index contributed by atoms with van der Waals surface area (Å²) in [5.74, 6) is -0.442. The maximum atomic E-state index is 12.0. The van der Waals surface area contributed by atoms with E-state index in [9.17, 15) is 9.59 Å². The van der Waals surface area contributed by atoms with Crippen LogP contribution in [0.2, 0.25) is 0 Å². The van der Waals surface area contributed by atoms with Gasteiger partial charge in [0.1, 0.15) is 5.82 Å². The number of nitrogens with one attached hydrogen (secondary N) is 1. The molecular formula is C15H19N3O3. The summed E-state index contributed by atoms with van der Waals surface area (Å²) in [6.45, 7) is 5.94. The van der Waals surface area contributed by atoms with Gasteiger partial charge in [0, 0.05) is 5.54 Å². The Morgan fingerprint density at radius 3 is 2.62 bits per heavy atom. The Hall–Kier alpha value is -2.21. The highest BCUT2D eigenvalue weighted by atomic mass is 16.4. The van der Waals surface area contributed by atoms with E-state index < -0.39 is 5.97 Å². The Morgan fingerprint density at radius 1 is 1.33 bits per heavy atom. The minimum atomic E-state index is -0.909. The monoisotopic (exact) mass is 289 g/mol. The maximum Gasteiger partial charge on any atom is 0.317 e. The second-order valence-corrected chi connectivity index (χ2v) is 5.95. The molecule has 0 atom stereocenters. The van der Waals surface area contributed by atoms with Gasteiger partial charge in [-0.25, -0.2) is 4.98 Å². The van der Waals surface area contributed by atoms with Gasteiger partial charge in [-0.1, -0.05) is 12.1 Å². The van der Waals surface area contributed by atoms with Crippen molar-refractivity contribution in [2.45, 2.75) is 32.9 Å². The molecule has 0 amide bonds. The third-order valence-corrected chi connectivity index (χ3v) is 3.28. The van der Waals surface area contributed by atoms with Crippen molar-refractivity contribution in [3.05, 3.63) is 40.4 Å². The zero-order chi connectivity index (χ0) is 15.6. The zero-order valence-corrected chi connectivity index (χ0v) is 12.4. The van der Waals surface area contributed by atoms with Crippen LogP contribution in [-0.4, -0.2) is 38.0 Å². The van der Waals surface area contributed by atoms with Gasteiger partial charge >= 0.3 is 5.97 Å². The molecule has 2 N–H and O–H groups in total. The van der Waals surface area contributed by atoms with E-state index in [4.69, 9.17) is 5.11 Å². The Bertz CT molecular complexity index is 716. The van der Waals surface area contributed by atoms with Crippen LogP contribution in [0.5, 0.6) is 0 Å². The van der Waals surface area contributed by atoms with E-state index in [1.54, 1.807) is 23.1 Å². The number of benzene rings is 1. The average molecular weight is 289 g/mol. The highest BCUT2D eigenvalue weighted by Gasteiger charge is 2.24. The molecule has 1 aromatic carbocycles. The van der Waals surface area contributed by atoms with Crippen LogP contribution in [0.4, 0.5) is 0 Å². The van der Waals surface area contributed by atoms with Crippen LogP contribution in [0.25, 0.3) is 10.9 Å². The standard InChI is InChI=1S/C15H19N3O3/c1-15(2,3)18(9-13(19)20)8-12-16-11-7-5-4-6-10(11)14(21)17-12/h4-7H,8-9H2,1-3H3,(H,19,20)(H,16,17,21). The molecule has 0 aliphatic heterocycles. The molecule has 0 spiro atoms. The van der Waals surface area contributed by atoms with Gasteiger partial charge in [0.25, 0.3) is 5.56 Å². The fourth-order valence-electron chi connectivity index (χ4n) is 2.08. The number of hydrogen-bond donors (Lipinski definition) is 2. The molecule has 2 aromatic rings. The van der Waals surface area contributed by atoms with Crippen LogP contribution in [0.3, 0.4) is 0 Å². The predicted molar refractivity (Wildman–Crippen MR) is 80.2 cm³/mol. The number of aromatic amines is 1. The molecule has 1 heterocycles. The smallest absolute Gasteiger partial charge is 0.317 e. The molecule has 6 nitrogen and oxygen atoms in total. The van der Waals surface area contributed by atoms with Crippen molar-refractivity contribution in [1.29, 1.82) is 0 Å². The van der Waals surface area contributed by atoms with Crippen molar-refractivity contribution < 1.29 is 9.90 Å². The van der Waals surface area contributed by atoms with Gasteiger partial charge in [0.05, 0.1) is 24.0 Å². The second-order valence-electron chi connectivity index (χ2n) is 5.95. The van der Waals surface area contributed by atoms with Crippen molar-refractivity contribution in [1.82, 2.24) is 14.9 Å². The molecular weight excluding hydrogens is 270 g/mol. The fraction of sp³-hybridized carbons (Fsp3) is 0.400. The van der Waals surface area contributed by atoms with Crippen molar-refractivity contribution >= 4 is 16.9 Å². The molecule has 0 unspecified atom stereocenters. The number of carbonyl (C=O) groups is 1. The van der Waals surface area contributed by atoms with E-state index in [0.29, 0.717) is 16.7 Å². The van der Waals surface area contributed by atoms with Gasteiger partial charge in [-0.05, 0) is 32.9 Å². The molecule has 112 valence electrons. The van der Waals surface area contributed by atoms with Crippen molar-refractivity contribution in [3.8, 4) is 0 Å². The number of para-hydroxylation sites is 1. The van der Waals surface area contributed by atoms with E-state index >= 15 is 0 Å². The first-order valence-corrected chi connectivity index (χ1v) is 6.72. The highest BCUT2D eigenvalue weighted by Crippen LogP contribution is 2.16. The van der Waals surface area contributed by atoms with Gasteiger partial charge in [0.2, 0.25) is 0 Å². The first-order valence-electron chi connectivity index (χ1n) is 6.72. The minimum absolute atomic E-state index is 0.111. The average Bonchev–Trinajstić information content (AvgIpc) is 2.36. The van der Waals surface area contributed by atoms with Crippen LogP contribution in [-0.2, 0) is 11.3 Å². The summed E-state index contributed by atoms with van der Waals surface area (Å²) >= 11 is 0. The third-order valence-electron chi connectivity index (χ3n) is 3.28. The molecule has 0 aliphatic rings. The number of nitrogens with zero attached hydrogens (tertiary/aromatic N) is 2. The van der Waals surface area contributed by atoms with E-state index in [-0.39, 0.29) is 24.2 Å². The lowest BCUT2D eigenvalue weighted by Gasteiger charge is -2.33. The van der Waals surface area contributed by atoms with E-state index in [2.05, 4.69) is 9.97 Å². The Balaban J connectivity index is 2.37. The number of H-pyrrole nitrogens is 1. The minimum Gasteiger partial charge on any atom is -0.480 e. The molecule has 0 aliphatic carbocycles. The fourth-order valence-corrected chi connectivity index (χ4v) is 2.08. The van der Waals surface area contributed by atoms with Gasteiger partial charge in [-0.2, -0.15) is 0 Å². The molecule has 0 radical (unpaired) electrons. The largest absolute Gasteiger partial charge is 0.480 e. The first-order chi connectivity index (χ1) is 9.77. The maximum absolute atomic E-state index is 12.0. The summed E-state index contributed by atoms with van der Waals surface area (Å²) in [5, 5.41) is 9.55. The highest BCUT2D eigenvalue weighted by molar-refractivity contribution is 5.77. The number of rotatable bonds is 4. The van der Waals surface area contributed by atoms with Crippen LogP contribution in [0.15, 0.2) is 29.1 Å². The third kappa shape index (κ3) is 3.66. The molecule has 0 bridgehead atoms. The number of fused-ring (bicyclic) bond motifs is 1. The van der Waals surface area contributed by atoms with Crippen LogP contribution in [0.1, 0.15) is 26.6 Å². The van der Waals surface area contributed by atoms with Crippen LogP contribution in [0, 0.1) is 0 Å². The second kappa shape index (κ2) is 5.65. The first kappa shape index (κ1) is 15.2. The van der Waals surface area contributed by atoms with Crippen LogP contribution < -0.4 is 5.56 Å². The summed E-state index contributed by atoms with van der Waals surface area (Å²) in [6, 6.07) is 7.08. The molecule has 0 saturated carbocycles. The molecule has 0 fully saturated rings. The van der Waals surface area contributed by atoms with E-state index in [1.807, 2.05) is 26.8 Å². The number of carboxylic acid groups (broad SMARTS) is 1. The lowest BCUT2D eigenvalue weighted by molar-refractivity contribution is -0.140. The Kier molecular flexibility index (Phi) is 4.09. The number of aromatic nitrogens is 2. The van der Waals surface area contributed by atoms with E-state index in [0.717, 1.165) is 0 Å². The molecule has 6 heteroatoms. The summed E-state index contributed by atoms with van der Waals surface area (Å²) in [4.78, 5) is 31.9. The van der Waals surface area contributed by atoms with Gasteiger partial charge in [0.15, 0.2) is 0 Å². The topological polar surface area (TPSA) is 86.3 Å². The number of hydrogen-bond acceptors (Lipinski definition) is 4. The van der Waals surface area contributed by atoms with Crippen LogP contribution >= 0.6 is 0 Å². The lowest BCUT2D eigenvalue weighted by Crippen LogP contribution is -2.44. The molecule has 21 heavy (non-hydrogen) atoms. The summed E-state index contributed by atoms with van der Waals surface area (Å²) < 4.78 is 0. The SMILES string of the molecule is CC(C)(C)N(CC(=O)O)Cc1nc2ccccc2c(=O)[nH]1. The summed E-state index contributed by atoms with van der Waals surface area (Å²) in [5.41, 5.74) is 0.0583. The molecule has 0 saturated heterocycles. The van der Waals surface area contributed by atoms with Crippen molar-refractivity contribution in [2.75, 3.05) is 6.54 Å². The van der Waals surface area contributed by atoms with Gasteiger partial charge in [-0.3, -0.25) is 14.5 Å². The quantitative estimate of drug-likeness (QED) is 0.893. The predicted octanol–water partition coefficient (Wildman–Crippen LogP) is 1.61. The van der Waals surface area contributed by atoms with E-state index in [1.165, 1.54) is 0 Å². The summed E-state index contributed by atoms with van der Waals surface area (Å²) in [7, 11) is 0. The number of carboxylic acids is 1. The molecule has 1 aromatic heterocycles. The Morgan fingerprint density at radius 2 is 2.00 bits per heavy atom. The lowest BCUT2D eigenvalue weighted by atomic mass is 10.1. The van der Waals surface area contributed by atoms with Crippen molar-refractivity contribution in [2.24, 2.45) is 0 Å².